The molecule has 0 bridgehead atoms. The average Bonchev–Trinajstić information content (AvgIpc) is 2.84. The Balaban J connectivity index is 2.27. The van der Waals surface area contributed by atoms with E-state index in [2.05, 4.69) is 51.7 Å². The lowest BCUT2D eigenvalue weighted by Crippen LogP contribution is -2.23. The van der Waals surface area contributed by atoms with E-state index in [1.54, 1.807) is 18.4 Å². The fourth-order valence-corrected chi connectivity index (χ4v) is 3.71. The molecule has 1 atom stereocenters. The van der Waals surface area contributed by atoms with Crippen LogP contribution in [0.15, 0.2) is 40.2 Å². The first-order valence-electron chi connectivity index (χ1n) is 6.34. The minimum Gasteiger partial charge on any atom is -0.496 e. The summed E-state index contributed by atoms with van der Waals surface area (Å²) in [5.41, 5.74) is 1.21. The van der Waals surface area contributed by atoms with Crippen molar-refractivity contribution in [1.82, 2.24) is 5.32 Å². The smallest absolute Gasteiger partial charge is 0.123 e. The number of hydrogen-bond acceptors (Lipinski definition) is 3. The van der Waals surface area contributed by atoms with Gasteiger partial charge in [0, 0.05) is 27.4 Å². The van der Waals surface area contributed by atoms with Gasteiger partial charge in [0.05, 0.1) is 7.11 Å². The van der Waals surface area contributed by atoms with Crippen LogP contribution in [0.5, 0.6) is 5.75 Å². The second-order valence-corrected chi connectivity index (χ2v) is 6.10. The summed E-state index contributed by atoms with van der Waals surface area (Å²) in [6.45, 7) is 3.07. The topological polar surface area (TPSA) is 21.3 Å². The van der Waals surface area contributed by atoms with Crippen molar-refractivity contribution in [3.8, 4) is 5.75 Å². The van der Waals surface area contributed by atoms with Crippen LogP contribution in [0.4, 0.5) is 0 Å². The predicted molar refractivity (Wildman–Crippen MR) is 85.1 cm³/mol. The van der Waals surface area contributed by atoms with Crippen LogP contribution in [0, 0.1) is 0 Å². The van der Waals surface area contributed by atoms with E-state index >= 15 is 0 Å². The number of rotatable bonds is 6. The van der Waals surface area contributed by atoms with E-state index < -0.39 is 0 Å². The van der Waals surface area contributed by atoms with Crippen LogP contribution < -0.4 is 10.1 Å². The molecular weight excluding hydrogens is 322 g/mol. The van der Waals surface area contributed by atoms with Crippen molar-refractivity contribution in [3.05, 3.63) is 50.6 Å². The SMILES string of the molecule is CCNC(Cc1sccc1Br)c1ccccc1OC. The van der Waals surface area contributed by atoms with Gasteiger partial charge >= 0.3 is 0 Å². The molecule has 2 nitrogen and oxygen atoms in total. The van der Waals surface area contributed by atoms with Crippen molar-refractivity contribution >= 4 is 27.3 Å². The number of likely N-dealkylation sites (N-methyl/N-ethyl adjacent to an activating group) is 1. The van der Waals surface area contributed by atoms with Gasteiger partial charge < -0.3 is 10.1 Å². The molecule has 2 aromatic rings. The molecule has 19 heavy (non-hydrogen) atoms. The first-order valence-corrected chi connectivity index (χ1v) is 8.01. The van der Waals surface area contributed by atoms with Gasteiger partial charge in [-0.15, -0.1) is 11.3 Å². The molecule has 0 saturated carbocycles. The molecule has 0 spiro atoms. The molecule has 1 heterocycles. The van der Waals surface area contributed by atoms with E-state index in [0.29, 0.717) is 0 Å². The molecule has 1 aromatic carbocycles. The fraction of sp³-hybridized carbons (Fsp3) is 0.333. The van der Waals surface area contributed by atoms with E-state index in [-0.39, 0.29) is 6.04 Å². The summed E-state index contributed by atoms with van der Waals surface area (Å²) in [5, 5.41) is 5.66. The quantitative estimate of drug-likeness (QED) is 0.841. The number of hydrogen-bond donors (Lipinski definition) is 1. The van der Waals surface area contributed by atoms with Gasteiger partial charge in [-0.05, 0) is 40.0 Å². The normalized spacial score (nSPS) is 12.4. The molecule has 2 rings (SSSR count). The second-order valence-electron chi connectivity index (χ2n) is 4.25. The summed E-state index contributed by atoms with van der Waals surface area (Å²) in [7, 11) is 1.73. The van der Waals surface area contributed by atoms with Crippen molar-refractivity contribution in [2.24, 2.45) is 0 Å². The maximum absolute atomic E-state index is 5.47. The summed E-state index contributed by atoms with van der Waals surface area (Å²) in [5.74, 6) is 0.945. The van der Waals surface area contributed by atoms with Gasteiger partial charge in [-0.1, -0.05) is 25.1 Å². The molecule has 0 saturated heterocycles. The summed E-state index contributed by atoms with van der Waals surface area (Å²) in [6, 6.07) is 10.6. The molecule has 4 heteroatoms. The van der Waals surface area contributed by atoms with Crippen molar-refractivity contribution in [3.63, 3.8) is 0 Å². The van der Waals surface area contributed by atoms with Crippen LogP contribution in [0.1, 0.15) is 23.4 Å². The zero-order valence-electron chi connectivity index (χ0n) is 11.2. The zero-order valence-corrected chi connectivity index (χ0v) is 13.6. The Morgan fingerprint density at radius 3 is 2.74 bits per heavy atom. The largest absolute Gasteiger partial charge is 0.496 e. The highest BCUT2D eigenvalue weighted by atomic mass is 79.9. The van der Waals surface area contributed by atoms with Crippen molar-refractivity contribution in [1.29, 1.82) is 0 Å². The van der Waals surface area contributed by atoms with Crippen LogP contribution in [-0.2, 0) is 6.42 Å². The van der Waals surface area contributed by atoms with E-state index in [0.717, 1.165) is 18.7 Å². The third kappa shape index (κ3) is 3.59. The molecular formula is C15H18BrNOS. The number of nitrogens with one attached hydrogen (secondary N) is 1. The third-order valence-corrected chi connectivity index (χ3v) is 4.99. The summed E-state index contributed by atoms with van der Waals surface area (Å²) in [6.07, 6.45) is 0.965. The minimum absolute atomic E-state index is 0.274. The highest BCUT2D eigenvalue weighted by Gasteiger charge is 2.17. The van der Waals surface area contributed by atoms with E-state index in [9.17, 15) is 0 Å². The zero-order chi connectivity index (χ0) is 13.7. The standard InChI is InChI=1S/C15H18BrNOS/c1-3-17-13(10-15-12(16)8-9-19-15)11-6-4-5-7-14(11)18-2/h4-9,13,17H,3,10H2,1-2H3. The van der Waals surface area contributed by atoms with Crippen LogP contribution in [-0.4, -0.2) is 13.7 Å². The molecule has 0 fully saturated rings. The molecule has 1 aromatic heterocycles. The average molecular weight is 340 g/mol. The maximum Gasteiger partial charge on any atom is 0.123 e. The molecule has 0 aliphatic heterocycles. The van der Waals surface area contributed by atoms with E-state index in [4.69, 9.17) is 4.74 Å². The number of benzene rings is 1. The highest BCUT2D eigenvalue weighted by Crippen LogP contribution is 2.31. The molecule has 1 N–H and O–H groups in total. The van der Waals surface area contributed by atoms with Gasteiger partial charge in [0.15, 0.2) is 0 Å². The van der Waals surface area contributed by atoms with Crippen molar-refractivity contribution in [2.45, 2.75) is 19.4 Å². The summed E-state index contributed by atoms with van der Waals surface area (Å²) >= 11 is 5.39. The Hall–Kier alpha value is -0.840. The highest BCUT2D eigenvalue weighted by molar-refractivity contribution is 9.10. The molecule has 102 valence electrons. The maximum atomic E-state index is 5.47. The van der Waals surface area contributed by atoms with E-state index in [1.165, 1.54) is 14.9 Å². The van der Waals surface area contributed by atoms with Gasteiger partial charge in [-0.2, -0.15) is 0 Å². The number of halogens is 1. The Morgan fingerprint density at radius 2 is 2.11 bits per heavy atom. The van der Waals surface area contributed by atoms with Crippen LogP contribution in [0.25, 0.3) is 0 Å². The number of methoxy groups -OCH3 is 1. The van der Waals surface area contributed by atoms with Gasteiger partial charge in [0.2, 0.25) is 0 Å². The van der Waals surface area contributed by atoms with Gasteiger partial charge in [-0.3, -0.25) is 0 Å². The van der Waals surface area contributed by atoms with Gasteiger partial charge in [0.1, 0.15) is 5.75 Å². The monoisotopic (exact) mass is 339 g/mol. The fourth-order valence-electron chi connectivity index (χ4n) is 2.15. The molecule has 0 aliphatic rings. The minimum atomic E-state index is 0.274. The molecule has 0 amide bonds. The Bertz CT molecular complexity index is 526. The van der Waals surface area contributed by atoms with Gasteiger partial charge in [0.25, 0.3) is 0 Å². The van der Waals surface area contributed by atoms with Crippen LogP contribution in [0.3, 0.4) is 0 Å². The predicted octanol–water partition coefficient (Wildman–Crippen LogP) is 4.41. The Kier molecular flexibility index (Phi) is 5.43. The van der Waals surface area contributed by atoms with Crippen LogP contribution >= 0.6 is 27.3 Å². The van der Waals surface area contributed by atoms with Gasteiger partial charge in [-0.25, -0.2) is 0 Å². The lowest BCUT2D eigenvalue weighted by Gasteiger charge is -2.20. The second kappa shape index (κ2) is 7.08. The van der Waals surface area contributed by atoms with Crippen LogP contribution in [0.2, 0.25) is 0 Å². The summed E-state index contributed by atoms with van der Waals surface area (Å²) < 4.78 is 6.66. The third-order valence-electron chi connectivity index (χ3n) is 3.05. The van der Waals surface area contributed by atoms with Crippen molar-refractivity contribution < 1.29 is 4.74 Å². The first-order chi connectivity index (χ1) is 9.26. The molecule has 0 radical (unpaired) electrons. The summed E-state index contributed by atoms with van der Waals surface area (Å²) in [4.78, 5) is 1.36. The molecule has 1 unspecified atom stereocenters. The van der Waals surface area contributed by atoms with Crippen molar-refractivity contribution in [2.75, 3.05) is 13.7 Å². The van der Waals surface area contributed by atoms with E-state index in [1.807, 2.05) is 12.1 Å². The number of ether oxygens (including phenoxy) is 1. The first kappa shape index (κ1) is 14.6. The molecule has 0 aliphatic carbocycles. The Morgan fingerprint density at radius 1 is 1.32 bits per heavy atom. The lowest BCUT2D eigenvalue weighted by molar-refractivity contribution is 0.399. The lowest BCUT2D eigenvalue weighted by atomic mass is 10.0. The number of thiophene rings is 1. The number of para-hydroxylation sites is 1. The Labute approximate surface area is 126 Å².